The van der Waals surface area contributed by atoms with Crippen LogP contribution in [0.2, 0.25) is 0 Å². The number of benzene rings is 8. The van der Waals surface area contributed by atoms with Gasteiger partial charge in [0.2, 0.25) is 0 Å². The maximum atomic E-state index is 2.59. The van der Waals surface area contributed by atoms with E-state index in [0.29, 0.717) is 0 Å². The van der Waals surface area contributed by atoms with Gasteiger partial charge < -0.3 is 13.9 Å². The fraction of sp³-hybridized carbons (Fsp3) is 0. The van der Waals surface area contributed by atoms with E-state index < -0.39 is 0 Å². The van der Waals surface area contributed by atoms with Crippen LogP contribution in [0, 0.1) is 0 Å². The van der Waals surface area contributed by atoms with Crippen molar-refractivity contribution in [2.24, 2.45) is 0 Å². The summed E-state index contributed by atoms with van der Waals surface area (Å²) < 4.78 is 4.92. The van der Waals surface area contributed by atoms with E-state index >= 15 is 0 Å². The van der Waals surface area contributed by atoms with E-state index in [0.717, 1.165) is 5.69 Å². The quantitative estimate of drug-likeness (QED) is 0.168. The molecule has 2 aliphatic heterocycles. The summed E-state index contributed by atoms with van der Waals surface area (Å²) in [5, 5.41) is 5.07. The Morgan fingerprint density at radius 1 is 0.346 bits per heavy atom. The SMILES string of the molecule is c1ccc(-n2c3ccccc3c3cc4c(cc32)c2c3c(ccc2n4-c2ccccc2)B2c4ccccc4-c4ccccc4N2c2ccccc2-3)cc1. The molecule has 0 unspecified atom stereocenters. The Bertz CT molecular complexity index is 3080. The number of nitrogens with zero attached hydrogens (tertiary/aromatic N) is 3. The molecule has 0 saturated carbocycles. The Hall–Kier alpha value is -6.78. The van der Waals surface area contributed by atoms with Crippen molar-refractivity contribution in [1.82, 2.24) is 9.13 Å². The minimum absolute atomic E-state index is 0.0371. The van der Waals surface area contributed by atoms with Crippen molar-refractivity contribution < 1.29 is 0 Å². The normalized spacial score (nSPS) is 12.9. The van der Waals surface area contributed by atoms with Crippen molar-refractivity contribution in [3.8, 4) is 33.6 Å². The van der Waals surface area contributed by atoms with Crippen LogP contribution in [0.5, 0.6) is 0 Å². The van der Waals surface area contributed by atoms with E-state index in [4.69, 9.17) is 0 Å². The first-order chi connectivity index (χ1) is 25.8. The molecular formula is C48H30BN3. The Labute approximate surface area is 301 Å². The number of hydrogen-bond acceptors (Lipinski definition) is 1. The average Bonchev–Trinajstić information content (AvgIpc) is 3.72. The molecule has 0 fully saturated rings. The standard InChI is InChI=1S/C48H30BN3/c1-3-15-31(16-4-1)50-41-24-12-8-21-35(41)37-29-46-38(30-45(37)50)48-44(51(46)32-17-5-2-6-18-32)28-27-40-47(48)36-22-10-14-26-43(36)52-42-25-13-9-20-34(42)33-19-7-11-23-39(33)49(40)52/h1-30H. The van der Waals surface area contributed by atoms with Gasteiger partial charge in [0.15, 0.2) is 0 Å². The second-order valence-electron chi connectivity index (χ2n) is 14.1. The van der Waals surface area contributed by atoms with E-state index in [-0.39, 0.29) is 6.85 Å². The summed E-state index contributed by atoms with van der Waals surface area (Å²) in [5.74, 6) is 0. The van der Waals surface area contributed by atoms with Gasteiger partial charge >= 0.3 is 6.85 Å². The molecular weight excluding hydrogens is 629 g/mol. The zero-order chi connectivity index (χ0) is 33.9. The minimum Gasteiger partial charge on any atom is -0.376 e. The van der Waals surface area contributed by atoms with Crippen LogP contribution >= 0.6 is 0 Å². The summed E-state index contributed by atoms with van der Waals surface area (Å²) in [6.07, 6.45) is 0. The second kappa shape index (κ2) is 10.4. The van der Waals surface area contributed by atoms with Gasteiger partial charge in [-0.15, -0.1) is 0 Å². The van der Waals surface area contributed by atoms with Gasteiger partial charge in [0.05, 0.1) is 22.1 Å². The van der Waals surface area contributed by atoms with E-state index in [9.17, 15) is 0 Å². The molecule has 0 aliphatic carbocycles. The fourth-order valence-corrected chi connectivity index (χ4v) is 9.45. The Kier molecular flexibility index (Phi) is 5.58. The van der Waals surface area contributed by atoms with Crippen LogP contribution in [-0.2, 0) is 0 Å². The molecule has 52 heavy (non-hydrogen) atoms. The molecule has 4 heterocycles. The summed E-state index contributed by atoms with van der Waals surface area (Å²) in [5.41, 5.74) is 17.6. The van der Waals surface area contributed by atoms with E-state index in [1.165, 1.54) is 93.9 Å². The third-order valence-corrected chi connectivity index (χ3v) is 11.5. The molecule has 0 bridgehead atoms. The number of para-hydroxylation sites is 5. The first-order valence-corrected chi connectivity index (χ1v) is 18.1. The maximum absolute atomic E-state index is 2.59. The second-order valence-corrected chi connectivity index (χ2v) is 14.1. The Morgan fingerprint density at radius 3 is 1.67 bits per heavy atom. The third-order valence-electron chi connectivity index (χ3n) is 11.5. The lowest BCUT2D eigenvalue weighted by Crippen LogP contribution is -2.59. The maximum Gasteiger partial charge on any atom is 0.329 e. The van der Waals surface area contributed by atoms with Crippen molar-refractivity contribution >= 4 is 72.8 Å². The predicted octanol–water partition coefficient (Wildman–Crippen LogP) is 10.8. The van der Waals surface area contributed by atoms with Gasteiger partial charge in [0.25, 0.3) is 0 Å². The summed E-state index contributed by atoms with van der Waals surface area (Å²) in [6, 6.07) is 67.2. The number of anilines is 2. The van der Waals surface area contributed by atoms with Crippen molar-refractivity contribution in [1.29, 1.82) is 0 Å². The van der Waals surface area contributed by atoms with Gasteiger partial charge in [-0.1, -0.05) is 121 Å². The number of fused-ring (bicyclic) bond motifs is 18. The van der Waals surface area contributed by atoms with E-state index in [1.807, 2.05) is 0 Å². The van der Waals surface area contributed by atoms with Crippen molar-refractivity contribution in [3.05, 3.63) is 182 Å². The van der Waals surface area contributed by atoms with Crippen LogP contribution in [0.15, 0.2) is 182 Å². The zero-order valence-electron chi connectivity index (χ0n) is 28.2. The molecule has 3 nitrogen and oxygen atoms in total. The highest BCUT2D eigenvalue weighted by molar-refractivity contribution is 6.92. The lowest BCUT2D eigenvalue weighted by atomic mass is 9.43. The molecule has 240 valence electrons. The van der Waals surface area contributed by atoms with Crippen LogP contribution in [0.25, 0.3) is 77.2 Å². The van der Waals surface area contributed by atoms with Gasteiger partial charge in [-0.2, -0.15) is 0 Å². The molecule has 8 aromatic carbocycles. The molecule has 0 atom stereocenters. The largest absolute Gasteiger partial charge is 0.376 e. The molecule has 0 radical (unpaired) electrons. The summed E-state index contributed by atoms with van der Waals surface area (Å²) in [4.78, 5) is 2.59. The van der Waals surface area contributed by atoms with Crippen LogP contribution in [0.1, 0.15) is 0 Å². The topological polar surface area (TPSA) is 13.1 Å². The van der Waals surface area contributed by atoms with Gasteiger partial charge in [-0.05, 0) is 82.7 Å². The van der Waals surface area contributed by atoms with Crippen LogP contribution < -0.4 is 15.7 Å². The van der Waals surface area contributed by atoms with Crippen molar-refractivity contribution in [2.75, 3.05) is 4.81 Å². The lowest BCUT2D eigenvalue weighted by Gasteiger charge is -2.43. The molecule has 2 aliphatic rings. The van der Waals surface area contributed by atoms with Gasteiger partial charge in [-0.3, -0.25) is 0 Å². The van der Waals surface area contributed by atoms with E-state index in [2.05, 4.69) is 196 Å². The highest BCUT2D eigenvalue weighted by Crippen LogP contribution is 2.49. The molecule has 0 saturated heterocycles. The molecule has 2 aromatic heterocycles. The number of hydrogen-bond donors (Lipinski definition) is 0. The van der Waals surface area contributed by atoms with Crippen LogP contribution in [-0.4, -0.2) is 16.0 Å². The van der Waals surface area contributed by atoms with Gasteiger partial charge in [-0.25, -0.2) is 0 Å². The Balaban J connectivity index is 1.27. The van der Waals surface area contributed by atoms with E-state index in [1.54, 1.807) is 0 Å². The minimum atomic E-state index is 0.0371. The first-order valence-electron chi connectivity index (χ1n) is 18.1. The highest BCUT2D eigenvalue weighted by Gasteiger charge is 2.43. The fourth-order valence-electron chi connectivity index (χ4n) is 9.45. The van der Waals surface area contributed by atoms with Crippen LogP contribution in [0.3, 0.4) is 0 Å². The highest BCUT2D eigenvalue weighted by atomic mass is 15.1. The number of rotatable bonds is 2. The summed E-state index contributed by atoms with van der Waals surface area (Å²) in [7, 11) is 0. The zero-order valence-corrected chi connectivity index (χ0v) is 28.2. The molecule has 0 N–H and O–H groups in total. The van der Waals surface area contributed by atoms with Crippen molar-refractivity contribution in [2.45, 2.75) is 0 Å². The molecule has 0 spiro atoms. The lowest BCUT2D eigenvalue weighted by molar-refractivity contribution is 1.17. The number of aromatic nitrogens is 2. The molecule has 12 rings (SSSR count). The van der Waals surface area contributed by atoms with Gasteiger partial charge in [0.1, 0.15) is 0 Å². The molecule has 10 aromatic rings. The van der Waals surface area contributed by atoms with Gasteiger partial charge in [0, 0.05) is 55.4 Å². The molecule has 4 heteroatoms. The smallest absolute Gasteiger partial charge is 0.329 e. The third kappa shape index (κ3) is 3.60. The summed E-state index contributed by atoms with van der Waals surface area (Å²) in [6.45, 7) is 0.0371. The van der Waals surface area contributed by atoms with Crippen molar-refractivity contribution in [3.63, 3.8) is 0 Å². The summed E-state index contributed by atoms with van der Waals surface area (Å²) >= 11 is 0. The first kappa shape index (κ1) is 28.0. The monoisotopic (exact) mass is 659 g/mol. The predicted molar refractivity (Wildman–Crippen MR) is 220 cm³/mol. The van der Waals surface area contributed by atoms with Crippen LogP contribution in [0.4, 0.5) is 11.4 Å². The molecule has 0 amide bonds. The average molecular weight is 660 g/mol. The Morgan fingerprint density at radius 2 is 0.904 bits per heavy atom.